The molecule has 2 aromatic rings. The standard InChI is InChI=1S/C20H28ClFN4O2S.ClH/c1-5-6-19-17(14(2)24-26(19)13-16(22)9-10-23)11-15-7-8-20(18(21)12-15)29(27,28)25(3)4;/h7-9,12H,5-6,10-11,13,23H2,1-4H3;1H/b16-9-;. The molecule has 0 atom stereocenters. The fraction of sp³-hybridized carbons (Fsp3) is 0.450. The molecular formula is C20H29Cl2FN4O2S. The molecule has 0 aliphatic carbocycles. The average Bonchev–Trinajstić information content (AvgIpc) is 2.90. The number of halogens is 3. The van der Waals surface area contributed by atoms with Crippen molar-refractivity contribution in [3.05, 3.63) is 57.6 Å². The number of nitrogens with zero attached hydrogens (tertiary/aromatic N) is 3. The maximum Gasteiger partial charge on any atom is 0.244 e. The highest BCUT2D eigenvalue weighted by molar-refractivity contribution is 7.89. The van der Waals surface area contributed by atoms with Crippen LogP contribution in [0, 0.1) is 6.92 Å². The quantitative estimate of drug-likeness (QED) is 0.592. The summed E-state index contributed by atoms with van der Waals surface area (Å²) < 4.78 is 41.5. The van der Waals surface area contributed by atoms with Crippen LogP contribution in [0.15, 0.2) is 35.0 Å². The van der Waals surface area contributed by atoms with E-state index in [2.05, 4.69) is 12.0 Å². The number of aromatic nitrogens is 2. The van der Waals surface area contributed by atoms with Crippen LogP contribution in [0.1, 0.15) is 35.9 Å². The molecule has 0 bridgehead atoms. The fourth-order valence-electron chi connectivity index (χ4n) is 3.14. The van der Waals surface area contributed by atoms with Gasteiger partial charge in [-0.15, -0.1) is 12.4 Å². The molecule has 0 amide bonds. The fourth-order valence-corrected chi connectivity index (χ4v) is 4.58. The van der Waals surface area contributed by atoms with E-state index in [1.165, 1.54) is 26.2 Å². The Labute approximate surface area is 189 Å². The summed E-state index contributed by atoms with van der Waals surface area (Å²) in [6.45, 7) is 4.14. The molecule has 0 radical (unpaired) electrons. The predicted octanol–water partition coefficient (Wildman–Crippen LogP) is 3.87. The van der Waals surface area contributed by atoms with Gasteiger partial charge in [-0.25, -0.2) is 17.1 Å². The predicted molar refractivity (Wildman–Crippen MR) is 122 cm³/mol. The molecule has 168 valence electrons. The molecule has 1 aromatic carbocycles. The maximum atomic E-state index is 14.0. The Hall–Kier alpha value is -1.45. The highest BCUT2D eigenvalue weighted by atomic mass is 35.5. The summed E-state index contributed by atoms with van der Waals surface area (Å²) in [4.78, 5) is 0.0723. The van der Waals surface area contributed by atoms with Crippen molar-refractivity contribution in [3.63, 3.8) is 0 Å². The lowest BCUT2D eigenvalue weighted by Gasteiger charge is -2.14. The van der Waals surface area contributed by atoms with E-state index in [9.17, 15) is 12.8 Å². The lowest BCUT2D eigenvalue weighted by atomic mass is 10.0. The van der Waals surface area contributed by atoms with Gasteiger partial charge in [-0.05, 0) is 37.1 Å². The highest BCUT2D eigenvalue weighted by Gasteiger charge is 2.22. The van der Waals surface area contributed by atoms with Crippen molar-refractivity contribution >= 4 is 34.0 Å². The lowest BCUT2D eigenvalue weighted by molar-refractivity contribution is 0.510. The van der Waals surface area contributed by atoms with E-state index in [-0.39, 0.29) is 41.2 Å². The van der Waals surface area contributed by atoms with E-state index in [1.54, 1.807) is 16.8 Å². The molecule has 0 fully saturated rings. The summed E-state index contributed by atoms with van der Waals surface area (Å²) >= 11 is 6.28. The summed E-state index contributed by atoms with van der Waals surface area (Å²) in [5.41, 5.74) is 9.04. The number of allylic oxidation sites excluding steroid dienone is 1. The van der Waals surface area contributed by atoms with E-state index in [4.69, 9.17) is 17.3 Å². The van der Waals surface area contributed by atoms with Crippen molar-refractivity contribution in [2.24, 2.45) is 5.73 Å². The third-order valence-electron chi connectivity index (χ3n) is 4.63. The molecule has 2 N–H and O–H groups in total. The van der Waals surface area contributed by atoms with Crippen molar-refractivity contribution in [2.75, 3.05) is 20.6 Å². The normalized spacial score (nSPS) is 12.3. The van der Waals surface area contributed by atoms with Gasteiger partial charge in [0.2, 0.25) is 10.0 Å². The van der Waals surface area contributed by atoms with E-state index < -0.39 is 10.0 Å². The van der Waals surface area contributed by atoms with Crippen LogP contribution in [0.3, 0.4) is 0 Å². The average molecular weight is 479 g/mol. The molecular weight excluding hydrogens is 450 g/mol. The Bertz CT molecular complexity index is 1000. The number of hydrogen-bond donors (Lipinski definition) is 1. The monoisotopic (exact) mass is 478 g/mol. The zero-order valence-corrected chi connectivity index (χ0v) is 20.0. The van der Waals surface area contributed by atoms with Crippen molar-refractivity contribution in [1.29, 1.82) is 0 Å². The minimum absolute atomic E-state index is 0. The summed E-state index contributed by atoms with van der Waals surface area (Å²) in [7, 11) is -0.680. The van der Waals surface area contributed by atoms with Crippen molar-refractivity contribution in [3.8, 4) is 0 Å². The third-order valence-corrected chi connectivity index (χ3v) is 6.93. The molecule has 0 spiro atoms. The van der Waals surface area contributed by atoms with Gasteiger partial charge in [-0.1, -0.05) is 31.0 Å². The Morgan fingerprint density at radius 1 is 1.37 bits per heavy atom. The minimum Gasteiger partial charge on any atom is -0.327 e. The van der Waals surface area contributed by atoms with E-state index in [1.807, 2.05) is 6.92 Å². The topological polar surface area (TPSA) is 81.2 Å². The number of sulfonamides is 1. The summed E-state index contributed by atoms with van der Waals surface area (Å²) in [6.07, 6.45) is 3.52. The number of rotatable bonds is 9. The van der Waals surface area contributed by atoms with Crippen LogP contribution in [-0.2, 0) is 29.4 Å². The molecule has 1 heterocycles. The summed E-state index contributed by atoms with van der Waals surface area (Å²) in [5.74, 6) is -0.319. The van der Waals surface area contributed by atoms with E-state index in [0.29, 0.717) is 6.42 Å². The van der Waals surface area contributed by atoms with E-state index in [0.717, 1.165) is 39.7 Å². The summed E-state index contributed by atoms with van der Waals surface area (Å²) in [5, 5.41) is 4.69. The molecule has 0 saturated carbocycles. The first-order valence-electron chi connectivity index (χ1n) is 9.42. The molecule has 0 unspecified atom stereocenters. The van der Waals surface area contributed by atoms with Gasteiger partial charge in [0.05, 0.1) is 17.3 Å². The first-order valence-corrected chi connectivity index (χ1v) is 11.2. The molecule has 2 rings (SSSR count). The van der Waals surface area contributed by atoms with Crippen LogP contribution >= 0.6 is 24.0 Å². The van der Waals surface area contributed by atoms with Crippen molar-refractivity contribution < 1.29 is 12.8 Å². The van der Waals surface area contributed by atoms with Gasteiger partial charge in [-0.2, -0.15) is 5.10 Å². The van der Waals surface area contributed by atoms with Gasteiger partial charge in [0.1, 0.15) is 10.7 Å². The van der Waals surface area contributed by atoms with Crippen LogP contribution in [0.4, 0.5) is 4.39 Å². The third kappa shape index (κ3) is 6.04. The zero-order valence-electron chi connectivity index (χ0n) is 17.7. The number of hydrogen-bond acceptors (Lipinski definition) is 4. The Morgan fingerprint density at radius 3 is 2.57 bits per heavy atom. The second-order valence-corrected chi connectivity index (χ2v) is 9.56. The molecule has 10 heteroatoms. The largest absolute Gasteiger partial charge is 0.327 e. The second kappa shape index (κ2) is 11.2. The van der Waals surface area contributed by atoms with Gasteiger partial charge < -0.3 is 5.73 Å². The van der Waals surface area contributed by atoms with Gasteiger partial charge in [0.25, 0.3) is 0 Å². The minimum atomic E-state index is -3.61. The molecule has 6 nitrogen and oxygen atoms in total. The van der Waals surface area contributed by atoms with Gasteiger partial charge >= 0.3 is 0 Å². The van der Waals surface area contributed by atoms with E-state index >= 15 is 0 Å². The first-order chi connectivity index (χ1) is 13.6. The van der Waals surface area contributed by atoms with Gasteiger partial charge in [0, 0.05) is 38.3 Å². The molecule has 1 aromatic heterocycles. The molecule has 0 saturated heterocycles. The number of aryl methyl sites for hydroxylation is 1. The van der Waals surface area contributed by atoms with Crippen molar-refractivity contribution in [2.45, 2.75) is 44.6 Å². The van der Waals surface area contributed by atoms with Crippen LogP contribution in [0.25, 0.3) is 0 Å². The Kier molecular flexibility index (Phi) is 9.97. The Balaban J connectivity index is 0.00000450. The number of benzene rings is 1. The lowest BCUT2D eigenvalue weighted by Crippen LogP contribution is -2.22. The summed E-state index contributed by atoms with van der Waals surface area (Å²) in [6, 6.07) is 4.94. The van der Waals surface area contributed by atoms with Gasteiger partial charge in [0.15, 0.2) is 0 Å². The maximum absolute atomic E-state index is 14.0. The SMILES string of the molecule is CCCc1c(Cc2ccc(S(=O)(=O)N(C)C)c(Cl)c2)c(C)nn1C/C(F)=C/CN.Cl. The van der Waals surface area contributed by atoms with Crippen LogP contribution in [0.5, 0.6) is 0 Å². The van der Waals surface area contributed by atoms with Gasteiger partial charge in [-0.3, -0.25) is 4.68 Å². The van der Waals surface area contributed by atoms with Crippen molar-refractivity contribution in [1.82, 2.24) is 14.1 Å². The second-order valence-electron chi connectivity index (χ2n) is 7.03. The zero-order chi connectivity index (χ0) is 21.8. The smallest absolute Gasteiger partial charge is 0.244 e. The Morgan fingerprint density at radius 2 is 2.03 bits per heavy atom. The molecule has 0 aliphatic rings. The van der Waals surface area contributed by atoms with Crippen LogP contribution < -0.4 is 5.73 Å². The molecule has 0 aliphatic heterocycles. The number of nitrogens with two attached hydrogens (primary N) is 1. The first kappa shape index (κ1) is 26.6. The van der Waals surface area contributed by atoms with Crippen LogP contribution in [-0.4, -0.2) is 43.1 Å². The van der Waals surface area contributed by atoms with Crippen LogP contribution in [0.2, 0.25) is 5.02 Å². The molecule has 30 heavy (non-hydrogen) atoms. The highest BCUT2D eigenvalue weighted by Crippen LogP contribution is 2.27.